The molecule has 2 atom stereocenters. The predicted octanol–water partition coefficient (Wildman–Crippen LogP) is 2.64. The fourth-order valence-corrected chi connectivity index (χ4v) is 1.78. The lowest BCUT2D eigenvalue weighted by molar-refractivity contribution is -0.122. The fourth-order valence-electron chi connectivity index (χ4n) is 1.78. The molecule has 4 nitrogen and oxygen atoms in total. The number of carbonyl (C=O) groups is 1. The quantitative estimate of drug-likeness (QED) is 0.870. The van der Waals surface area contributed by atoms with Gasteiger partial charge in [0.25, 0.3) is 0 Å². The molecule has 0 fully saturated rings. The molecule has 112 valence electrons. The molecule has 0 saturated heterocycles. The van der Waals surface area contributed by atoms with Crippen LogP contribution >= 0.6 is 0 Å². The largest absolute Gasteiger partial charge is 0.497 e. The Morgan fingerprint density at radius 2 is 1.85 bits per heavy atom. The smallest absolute Gasteiger partial charge is 0.222 e. The summed E-state index contributed by atoms with van der Waals surface area (Å²) in [7, 11) is 1.63. The summed E-state index contributed by atoms with van der Waals surface area (Å²) in [6, 6.07) is 7.49. The zero-order valence-corrected chi connectivity index (χ0v) is 13.1. The standard InChI is InChI=1S/C16H26N2O2/c1-11(12-6-8-13(20-5)9-7-12)18-15(19)10-14(17)16(2,3)4/h6-9,11,14H,10,17H2,1-5H3,(H,18,19). The average Bonchev–Trinajstić information content (AvgIpc) is 2.37. The van der Waals surface area contributed by atoms with Gasteiger partial charge in [-0.15, -0.1) is 0 Å². The molecule has 0 aliphatic heterocycles. The molecule has 0 spiro atoms. The first-order valence-corrected chi connectivity index (χ1v) is 6.93. The van der Waals surface area contributed by atoms with E-state index in [1.165, 1.54) is 0 Å². The van der Waals surface area contributed by atoms with E-state index in [0.717, 1.165) is 11.3 Å². The zero-order chi connectivity index (χ0) is 15.3. The molecule has 0 heterocycles. The summed E-state index contributed by atoms with van der Waals surface area (Å²) in [5.41, 5.74) is 7.00. The molecule has 0 aliphatic carbocycles. The monoisotopic (exact) mass is 278 g/mol. The van der Waals surface area contributed by atoms with E-state index < -0.39 is 0 Å². The van der Waals surface area contributed by atoms with Gasteiger partial charge in [-0.05, 0) is 30.0 Å². The third-order valence-corrected chi connectivity index (χ3v) is 3.51. The summed E-state index contributed by atoms with van der Waals surface area (Å²) in [5, 5.41) is 2.98. The van der Waals surface area contributed by atoms with Crippen molar-refractivity contribution in [3.63, 3.8) is 0 Å². The summed E-state index contributed by atoms with van der Waals surface area (Å²) in [4.78, 5) is 12.0. The van der Waals surface area contributed by atoms with E-state index in [1.54, 1.807) is 7.11 Å². The van der Waals surface area contributed by atoms with Crippen molar-refractivity contribution in [1.29, 1.82) is 0 Å². The van der Waals surface area contributed by atoms with Gasteiger partial charge in [0, 0.05) is 12.5 Å². The van der Waals surface area contributed by atoms with Gasteiger partial charge in [0.1, 0.15) is 5.75 Å². The third-order valence-electron chi connectivity index (χ3n) is 3.51. The van der Waals surface area contributed by atoms with Crippen LogP contribution in [0.25, 0.3) is 0 Å². The van der Waals surface area contributed by atoms with Crippen LogP contribution in [0.1, 0.15) is 45.7 Å². The molecule has 1 rings (SSSR count). The lowest BCUT2D eigenvalue weighted by Crippen LogP contribution is -2.40. The van der Waals surface area contributed by atoms with Gasteiger partial charge in [-0.25, -0.2) is 0 Å². The maximum Gasteiger partial charge on any atom is 0.222 e. The van der Waals surface area contributed by atoms with E-state index in [9.17, 15) is 4.79 Å². The van der Waals surface area contributed by atoms with Crippen molar-refractivity contribution in [3.8, 4) is 5.75 Å². The Morgan fingerprint density at radius 3 is 2.30 bits per heavy atom. The zero-order valence-electron chi connectivity index (χ0n) is 13.1. The second-order valence-corrected chi connectivity index (χ2v) is 6.24. The van der Waals surface area contributed by atoms with Crippen LogP contribution in [0.2, 0.25) is 0 Å². The van der Waals surface area contributed by atoms with E-state index >= 15 is 0 Å². The molecule has 1 amide bonds. The van der Waals surface area contributed by atoms with Crippen molar-refractivity contribution in [1.82, 2.24) is 5.32 Å². The number of carbonyl (C=O) groups excluding carboxylic acids is 1. The van der Waals surface area contributed by atoms with E-state index in [2.05, 4.69) is 5.32 Å². The van der Waals surface area contributed by atoms with Gasteiger partial charge in [0.05, 0.1) is 13.2 Å². The number of methoxy groups -OCH3 is 1. The van der Waals surface area contributed by atoms with Crippen molar-refractivity contribution >= 4 is 5.91 Å². The first-order valence-electron chi connectivity index (χ1n) is 6.93. The van der Waals surface area contributed by atoms with Gasteiger partial charge in [-0.3, -0.25) is 4.79 Å². The molecule has 0 bridgehead atoms. The van der Waals surface area contributed by atoms with Crippen LogP contribution in [0.5, 0.6) is 5.75 Å². The lowest BCUT2D eigenvalue weighted by Gasteiger charge is -2.27. The number of benzene rings is 1. The van der Waals surface area contributed by atoms with E-state index in [0.29, 0.717) is 6.42 Å². The van der Waals surface area contributed by atoms with Crippen LogP contribution in [-0.4, -0.2) is 19.1 Å². The average molecular weight is 278 g/mol. The normalized spacial score (nSPS) is 14.5. The Morgan fingerprint density at radius 1 is 1.30 bits per heavy atom. The van der Waals surface area contributed by atoms with E-state index in [4.69, 9.17) is 10.5 Å². The molecule has 0 radical (unpaired) electrons. The maximum atomic E-state index is 12.0. The highest BCUT2D eigenvalue weighted by Crippen LogP contribution is 2.21. The van der Waals surface area contributed by atoms with Gasteiger partial charge < -0.3 is 15.8 Å². The number of nitrogens with two attached hydrogens (primary N) is 1. The summed E-state index contributed by atoms with van der Waals surface area (Å²) >= 11 is 0. The van der Waals surface area contributed by atoms with Crippen LogP contribution in [-0.2, 0) is 4.79 Å². The Labute approximate surface area is 121 Å². The molecular weight excluding hydrogens is 252 g/mol. The summed E-state index contributed by atoms with van der Waals surface area (Å²) in [6.45, 7) is 8.08. The third kappa shape index (κ3) is 4.85. The van der Waals surface area contributed by atoms with Crippen molar-refractivity contribution in [2.45, 2.75) is 46.2 Å². The molecule has 0 aromatic heterocycles. The molecular formula is C16H26N2O2. The Hall–Kier alpha value is -1.55. The number of nitrogens with one attached hydrogen (secondary N) is 1. The second-order valence-electron chi connectivity index (χ2n) is 6.24. The molecule has 0 aliphatic rings. The SMILES string of the molecule is COc1ccc(C(C)NC(=O)CC(N)C(C)(C)C)cc1. The highest BCUT2D eigenvalue weighted by atomic mass is 16.5. The summed E-state index contributed by atoms with van der Waals surface area (Å²) in [6.07, 6.45) is 0.337. The number of amides is 1. The highest BCUT2D eigenvalue weighted by Gasteiger charge is 2.23. The molecule has 20 heavy (non-hydrogen) atoms. The number of rotatable bonds is 5. The maximum absolute atomic E-state index is 12.0. The molecule has 3 N–H and O–H groups in total. The van der Waals surface area contributed by atoms with Crippen molar-refractivity contribution in [2.24, 2.45) is 11.1 Å². The van der Waals surface area contributed by atoms with Crippen LogP contribution in [0.3, 0.4) is 0 Å². The Bertz CT molecular complexity index is 435. The predicted molar refractivity (Wildman–Crippen MR) is 81.6 cm³/mol. The highest BCUT2D eigenvalue weighted by molar-refractivity contribution is 5.77. The first kappa shape index (κ1) is 16.5. The minimum absolute atomic E-state index is 0.0178. The van der Waals surface area contributed by atoms with Crippen LogP contribution < -0.4 is 15.8 Å². The number of ether oxygens (including phenoxy) is 1. The molecule has 2 unspecified atom stereocenters. The minimum Gasteiger partial charge on any atom is -0.497 e. The molecule has 0 saturated carbocycles. The van der Waals surface area contributed by atoms with E-state index in [1.807, 2.05) is 52.0 Å². The summed E-state index contributed by atoms with van der Waals surface area (Å²) < 4.78 is 5.12. The van der Waals surface area contributed by atoms with Gasteiger partial charge in [-0.1, -0.05) is 32.9 Å². The fraction of sp³-hybridized carbons (Fsp3) is 0.562. The van der Waals surface area contributed by atoms with E-state index in [-0.39, 0.29) is 23.4 Å². The minimum atomic E-state index is -0.148. The topological polar surface area (TPSA) is 64.3 Å². The van der Waals surface area contributed by atoms with Gasteiger partial charge in [0.2, 0.25) is 5.91 Å². The first-order chi connectivity index (χ1) is 9.24. The van der Waals surface area contributed by atoms with Gasteiger partial charge in [-0.2, -0.15) is 0 Å². The number of hydrogen-bond donors (Lipinski definition) is 2. The lowest BCUT2D eigenvalue weighted by atomic mass is 9.85. The Balaban J connectivity index is 2.56. The second kappa shape index (κ2) is 6.75. The van der Waals surface area contributed by atoms with Crippen LogP contribution in [0.4, 0.5) is 0 Å². The van der Waals surface area contributed by atoms with Crippen molar-refractivity contribution in [2.75, 3.05) is 7.11 Å². The molecule has 1 aromatic carbocycles. The van der Waals surface area contributed by atoms with Crippen LogP contribution in [0, 0.1) is 5.41 Å². The number of hydrogen-bond acceptors (Lipinski definition) is 3. The summed E-state index contributed by atoms with van der Waals surface area (Å²) in [5.74, 6) is 0.790. The van der Waals surface area contributed by atoms with Crippen molar-refractivity contribution < 1.29 is 9.53 Å². The van der Waals surface area contributed by atoms with Crippen molar-refractivity contribution in [3.05, 3.63) is 29.8 Å². The van der Waals surface area contributed by atoms with Gasteiger partial charge in [0.15, 0.2) is 0 Å². The van der Waals surface area contributed by atoms with Gasteiger partial charge >= 0.3 is 0 Å². The molecule has 1 aromatic rings. The van der Waals surface area contributed by atoms with Crippen LogP contribution in [0.15, 0.2) is 24.3 Å². The Kier molecular flexibility index (Phi) is 5.57. The molecule has 4 heteroatoms.